The first-order valence-electron chi connectivity index (χ1n) is 7.48. The summed E-state index contributed by atoms with van der Waals surface area (Å²) in [6.45, 7) is 0.135. The molecule has 3 aromatic rings. The topological polar surface area (TPSA) is 44.8 Å². The first-order chi connectivity index (χ1) is 11.7. The lowest BCUT2D eigenvalue weighted by Gasteiger charge is -2.24. The lowest BCUT2D eigenvalue weighted by atomic mass is 10.1. The highest BCUT2D eigenvalue weighted by Gasteiger charge is 2.29. The molecule has 3 aromatic carbocycles. The zero-order valence-electron chi connectivity index (χ0n) is 12.6. The Labute approximate surface area is 147 Å². The van der Waals surface area contributed by atoms with Crippen molar-refractivity contribution in [2.24, 2.45) is 0 Å². The number of fused-ring (bicyclic) bond motifs is 2. The molecule has 1 unspecified atom stereocenters. The van der Waals surface area contributed by atoms with Crippen molar-refractivity contribution in [3.05, 3.63) is 65.1 Å². The van der Waals surface area contributed by atoms with Crippen LogP contribution in [0.2, 0.25) is 0 Å². The van der Waals surface area contributed by atoms with Gasteiger partial charge in [-0.15, -0.1) is 0 Å². The Morgan fingerprint density at radius 2 is 1.75 bits per heavy atom. The van der Waals surface area contributed by atoms with Gasteiger partial charge in [-0.1, -0.05) is 40.2 Å². The van der Waals surface area contributed by atoms with Gasteiger partial charge in [-0.25, -0.2) is 4.79 Å². The first kappa shape index (κ1) is 15.0. The number of hydrogen-bond acceptors (Lipinski definition) is 4. The lowest BCUT2D eigenvalue weighted by Crippen LogP contribution is -2.39. The summed E-state index contributed by atoms with van der Waals surface area (Å²) in [7, 11) is 0. The van der Waals surface area contributed by atoms with Crippen LogP contribution in [0.5, 0.6) is 17.2 Å². The fraction of sp³-hybridized carbons (Fsp3) is 0.105. The molecular weight excluding hydrogens is 372 g/mol. The third-order valence-corrected chi connectivity index (χ3v) is 4.26. The SMILES string of the molecule is O=C(Oc1ccc2cc(Br)ccc2c1)C1COc2ccccc2O1. The lowest BCUT2D eigenvalue weighted by molar-refractivity contribution is -0.144. The maximum absolute atomic E-state index is 12.3. The van der Waals surface area contributed by atoms with Gasteiger partial charge in [0.05, 0.1) is 0 Å². The predicted octanol–water partition coefficient (Wildman–Crippen LogP) is 4.35. The van der Waals surface area contributed by atoms with Gasteiger partial charge in [0.1, 0.15) is 12.4 Å². The van der Waals surface area contributed by atoms with Crippen LogP contribution in [0.4, 0.5) is 0 Å². The summed E-state index contributed by atoms with van der Waals surface area (Å²) in [6.07, 6.45) is -0.777. The van der Waals surface area contributed by atoms with E-state index in [1.807, 2.05) is 42.5 Å². The van der Waals surface area contributed by atoms with Gasteiger partial charge in [-0.3, -0.25) is 0 Å². The van der Waals surface area contributed by atoms with Gasteiger partial charge in [-0.2, -0.15) is 0 Å². The third kappa shape index (κ3) is 2.95. The van der Waals surface area contributed by atoms with E-state index in [0.29, 0.717) is 17.2 Å². The van der Waals surface area contributed by atoms with Crippen molar-refractivity contribution in [3.8, 4) is 17.2 Å². The quantitative estimate of drug-likeness (QED) is 0.486. The zero-order valence-corrected chi connectivity index (χ0v) is 14.2. The molecule has 0 fully saturated rings. The Kier molecular flexibility index (Phi) is 3.86. The standard InChI is InChI=1S/C19H13BrO4/c20-14-7-5-13-10-15(8-6-12(13)9-14)23-19(21)18-11-22-16-3-1-2-4-17(16)24-18/h1-10,18H,11H2. The smallest absolute Gasteiger partial charge is 0.356 e. The highest BCUT2D eigenvalue weighted by atomic mass is 79.9. The van der Waals surface area contributed by atoms with Gasteiger partial charge in [-0.05, 0) is 47.2 Å². The van der Waals surface area contributed by atoms with Crippen LogP contribution in [-0.2, 0) is 4.79 Å². The number of esters is 1. The van der Waals surface area contributed by atoms with Crippen LogP contribution < -0.4 is 14.2 Å². The molecule has 0 saturated carbocycles. The van der Waals surface area contributed by atoms with Gasteiger partial charge in [0.15, 0.2) is 11.5 Å². The minimum absolute atomic E-state index is 0.135. The first-order valence-corrected chi connectivity index (χ1v) is 8.28. The summed E-state index contributed by atoms with van der Waals surface area (Å²) < 4.78 is 17.7. The van der Waals surface area contributed by atoms with E-state index in [0.717, 1.165) is 15.2 Å². The van der Waals surface area contributed by atoms with E-state index in [1.165, 1.54) is 0 Å². The van der Waals surface area contributed by atoms with Crippen LogP contribution in [0, 0.1) is 0 Å². The van der Waals surface area contributed by atoms with Crippen LogP contribution in [0.1, 0.15) is 0 Å². The van der Waals surface area contributed by atoms with E-state index in [-0.39, 0.29) is 6.61 Å². The number of carbonyl (C=O) groups excluding carboxylic acids is 1. The second-order valence-corrected chi connectivity index (χ2v) is 6.35. The molecule has 5 heteroatoms. The monoisotopic (exact) mass is 384 g/mol. The van der Waals surface area contributed by atoms with Crippen LogP contribution in [0.15, 0.2) is 65.1 Å². The van der Waals surface area contributed by atoms with Gasteiger partial charge in [0.2, 0.25) is 6.10 Å². The molecule has 0 aliphatic carbocycles. The number of carbonyl (C=O) groups is 1. The van der Waals surface area contributed by atoms with Crippen LogP contribution in [0.25, 0.3) is 10.8 Å². The number of benzene rings is 3. The summed E-state index contributed by atoms with van der Waals surface area (Å²) in [4.78, 5) is 12.3. The van der Waals surface area contributed by atoms with E-state index in [9.17, 15) is 4.79 Å². The molecule has 0 radical (unpaired) electrons. The van der Waals surface area contributed by atoms with Crippen molar-refractivity contribution in [3.63, 3.8) is 0 Å². The van der Waals surface area contributed by atoms with Gasteiger partial charge >= 0.3 is 5.97 Å². The van der Waals surface area contributed by atoms with Gasteiger partial charge in [0.25, 0.3) is 0 Å². The molecule has 0 N–H and O–H groups in total. The van der Waals surface area contributed by atoms with Crippen molar-refractivity contribution in [2.45, 2.75) is 6.10 Å². The molecule has 1 atom stereocenters. The number of para-hydroxylation sites is 2. The number of halogens is 1. The molecule has 0 spiro atoms. The summed E-state index contributed by atoms with van der Waals surface area (Å²) in [5, 5.41) is 2.06. The van der Waals surface area contributed by atoms with Crippen molar-refractivity contribution in [1.29, 1.82) is 0 Å². The fourth-order valence-electron chi connectivity index (χ4n) is 2.58. The van der Waals surface area contributed by atoms with Crippen molar-refractivity contribution in [1.82, 2.24) is 0 Å². The van der Waals surface area contributed by atoms with Crippen LogP contribution in [-0.4, -0.2) is 18.7 Å². The summed E-state index contributed by atoms with van der Waals surface area (Å²) in [5.41, 5.74) is 0. The van der Waals surface area contributed by atoms with E-state index in [2.05, 4.69) is 15.9 Å². The fourth-order valence-corrected chi connectivity index (χ4v) is 2.95. The molecule has 120 valence electrons. The molecule has 0 bridgehead atoms. The average Bonchev–Trinajstić information content (AvgIpc) is 2.61. The minimum atomic E-state index is -0.777. The molecule has 4 nitrogen and oxygen atoms in total. The number of hydrogen-bond donors (Lipinski definition) is 0. The highest BCUT2D eigenvalue weighted by molar-refractivity contribution is 9.10. The molecule has 1 heterocycles. The molecular formula is C19H13BrO4. The Morgan fingerprint density at radius 1 is 1.00 bits per heavy atom. The Balaban J connectivity index is 1.51. The normalized spacial score (nSPS) is 16.0. The summed E-state index contributed by atoms with van der Waals surface area (Å²) >= 11 is 3.44. The maximum Gasteiger partial charge on any atom is 0.356 e. The minimum Gasteiger partial charge on any atom is -0.485 e. The second kappa shape index (κ2) is 6.17. The molecule has 4 rings (SSSR count). The zero-order chi connectivity index (χ0) is 16.5. The number of ether oxygens (including phenoxy) is 3. The average molecular weight is 385 g/mol. The van der Waals surface area contributed by atoms with Gasteiger partial charge < -0.3 is 14.2 Å². The molecule has 0 saturated heterocycles. The molecule has 1 aliphatic heterocycles. The molecule has 24 heavy (non-hydrogen) atoms. The Morgan fingerprint density at radius 3 is 2.62 bits per heavy atom. The Hall–Kier alpha value is -2.53. The highest BCUT2D eigenvalue weighted by Crippen LogP contribution is 2.31. The Bertz CT molecular complexity index is 922. The van der Waals surface area contributed by atoms with Gasteiger partial charge in [0, 0.05) is 4.47 Å². The third-order valence-electron chi connectivity index (χ3n) is 3.76. The summed E-state index contributed by atoms with van der Waals surface area (Å²) in [6, 6.07) is 18.7. The molecule has 1 aliphatic rings. The maximum atomic E-state index is 12.3. The largest absolute Gasteiger partial charge is 0.485 e. The predicted molar refractivity (Wildman–Crippen MR) is 93.6 cm³/mol. The van der Waals surface area contributed by atoms with Crippen molar-refractivity contribution in [2.75, 3.05) is 6.61 Å². The molecule has 0 amide bonds. The van der Waals surface area contributed by atoms with E-state index in [4.69, 9.17) is 14.2 Å². The van der Waals surface area contributed by atoms with E-state index >= 15 is 0 Å². The van der Waals surface area contributed by atoms with Crippen LogP contribution >= 0.6 is 15.9 Å². The molecule has 0 aromatic heterocycles. The van der Waals surface area contributed by atoms with E-state index < -0.39 is 12.1 Å². The summed E-state index contributed by atoms with van der Waals surface area (Å²) in [5.74, 6) is 1.20. The second-order valence-electron chi connectivity index (χ2n) is 5.44. The number of rotatable bonds is 2. The van der Waals surface area contributed by atoms with E-state index in [1.54, 1.807) is 18.2 Å². The van der Waals surface area contributed by atoms with Crippen molar-refractivity contribution >= 4 is 32.7 Å². The van der Waals surface area contributed by atoms with Crippen LogP contribution in [0.3, 0.4) is 0 Å². The van der Waals surface area contributed by atoms with Crippen molar-refractivity contribution < 1.29 is 19.0 Å².